The van der Waals surface area contributed by atoms with Gasteiger partial charge in [-0.05, 0) is 37.1 Å². The van der Waals surface area contributed by atoms with E-state index in [4.69, 9.17) is 16.3 Å². The molecule has 30 heavy (non-hydrogen) atoms. The number of hydrogen-bond acceptors (Lipinski definition) is 5. The van der Waals surface area contributed by atoms with Gasteiger partial charge in [0.2, 0.25) is 15.9 Å². The second-order valence-electron chi connectivity index (χ2n) is 7.34. The molecule has 2 aromatic carbocycles. The maximum Gasteiger partial charge on any atom is 0.339 e. The molecular weight excluding hydrogens is 428 g/mol. The molecule has 0 radical (unpaired) electrons. The lowest BCUT2D eigenvalue weighted by atomic mass is 10.0. The predicted molar refractivity (Wildman–Crippen MR) is 112 cm³/mol. The molecule has 1 fully saturated rings. The summed E-state index contributed by atoms with van der Waals surface area (Å²) < 4.78 is 32.7. The van der Waals surface area contributed by atoms with Crippen molar-refractivity contribution in [3.05, 3.63) is 58.6 Å². The summed E-state index contributed by atoms with van der Waals surface area (Å²) in [4.78, 5) is 24.4. The molecule has 7 nitrogen and oxygen atoms in total. The Morgan fingerprint density at radius 2 is 1.87 bits per heavy atom. The Morgan fingerprint density at radius 1 is 1.13 bits per heavy atom. The van der Waals surface area contributed by atoms with Gasteiger partial charge in [-0.25, -0.2) is 13.2 Å². The van der Waals surface area contributed by atoms with Crippen LogP contribution < -0.4 is 5.32 Å². The Balaban J connectivity index is 1.50. The molecule has 1 amide bonds. The van der Waals surface area contributed by atoms with E-state index in [-0.39, 0.29) is 16.3 Å². The van der Waals surface area contributed by atoms with Gasteiger partial charge < -0.3 is 10.1 Å². The Bertz CT molecular complexity index is 1100. The van der Waals surface area contributed by atoms with Crippen molar-refractivity contribution in [2.24, 2.45) is 0 Å². The number of cyclic esters (lactones) is 1. The van der Waals surface area contributed by atoms with Gasteiger partial charge in [-0.3, -0.25) is 4.79 Å². The van der Waals surface area contributed by atoms with E-state index in [1.165, 1.54) is 16.4 Å². The van der Waals surface area contributed by atoms with Crippen LogP contribution in [0.5, 0.6) is 0 Å². The summed E-state index contributed by atoms with van der Waals surface area (Å²) in [7, 11) is -3.74. The minimum Gasteiger partial charge on any atom is -0.453 e. The third-order valence-electron chi connectivity index (χ3n) is 5.30. The summed E-state index contributed by atoms with van der Waals surface area (Å²) in [5.74, 6) is -0.849. The number of esters is 1. The third kappa shape index (κ3) is 4.08. The number of anilines is 1. The summed E-state index contributed by atoms with van der Waals surface area (Å²) in [5.41, 5.74) is 1.44. The molecule has 9 heteroatoms. The van der Waals surface area contributed by atoms with Crippen LogP contribution >= 0.6 is 11.6 Å². The predicted octanol–water partition coefficient (Wildman–Crippen LogP) is 3.75. The molecular formula is C21H21ClN2O5S. The largest absolute Gasteiger partial charge is 0.453 e. The first-order valence-electron chi connectivity index (χ1n) is 9.76. The van der Waals surface area contributed by atoms with Crippen molar-refractivity contribution in [3.63, 3.8) is 0 Å². The molecule has 4 rings (SSSR count). The fraction of sp³-hybridized carbons (Fsp3) is 0.333. The average molecular weight is 449 g/mol. The van der Waals surface area contributed by atoms with E-state index in [1.807, 2.05) is 0 Å². The molecule has 0 bridgehead atoms. The smallest absolute Gasteiger partial charge is 0.339 e. The number of nitrogens with zero attached hydrogens (tertiary/aromatic N) is 1. The molecule has 0 aliphatic carbocycles. The molecule has 2 aromatic rings. The van der Waals surface area contributed by atoms with Crippen LogP contribution in [0.4, 0.5) is 5.69 Å². The van der Waals surface area contributed by atoms with E-state index in [2.05, 4.69) is 5.32 Å². The molecule has 1 N–H and O–H groups in total. The summed E-state index contributed by atoms with van der Waals surface area (Å²) in [6, 6.07) is 11.3. The zero-order valence-electron chi connectivity index (χ0n) is 16.1. The standard InChI is InChI=1S/C21H21ClN2O5S/c22-17-9-8-14(12-19(17)30(27,28)24-10-4-1-5-11-24)23-20(25)13-18-15-6-2-3-7-16(15)21(26)29-18/h2-3,6-9,12,18H,1,4-5,10-11,13H2,(H,23,25)/t18-/m1/s1. The van der Waals surface area contributed by atoms with Crippen LogP contribution in [-0.4, -0.2) is 37.7 Å². The van der Waals surface area contributed by atoms with Crippen molar-refractivity contribution < 1.29 is 22.7 Å². The third-order valence-corrected chi connectivity index (χ3v) is 7.68. The zero-order chi connectivity index (χ0) is 21.3. The van der Waals surface area contributed by atoms with Crippen molar-refractivity contribution in [2.45, 2.75) is 36.7 Å². The van der Waals surface area contributed by atoms with E-state index in [0.717, 1.165) is 19.3 Å². The van der Waals surface area contributed by atoms with Gasteiger partial charge in [-0.2, -0.15) is 4.31 Å². The lowest BCUT2D eigenvalue weighted by Crippen LogP contribution is -2.35. The van der Waals surface area contributed by atoms with E-state index >= 15 is 0 Å². The van der Waals surface area contributed by atoms with Gasteiger partial charge in [0.05, 0.1) is 17.0 Å². The topological polar surface area (TPSA) is 92.8 Å². The highest BCUT2D eigenvalue weighted by Gasteiger charge is 2.32. The summed E-state index contributed by atoms with van der Waals surface area (Å²) in [5, 5.41) is 2.79. The number of halogens is 1. The number of carbonyl (C=O) groups excluding carboxylic acids is 2. The minimum atomic E-state index is -3.74. The van der Waals surface area contributed by atoms with Crippen LogP contribution in [0.15, 0.2) is 47.4 Å². The molecule has 2 aliphatic heterocycles. The zero-order valence-corrected chi connectivity index (χ0v) is 17.7. The van der Waals surface area contributed by atoms with Gasteiger partial charge in [0, 0.05) is 24.3 Å². The molecule has 1 atom stereocenters. The van der Waals surface area contributed by atoms with Crippen LogP contribution in [-0.2, 0) is 19.6 Å². The monoisotopic (exact) mass is 448 g/mol. The number of ether oxygens (including phenoxy) is 1. The van der Waals surface area contributed by atoms with Gasteiger partial charge in [0.1, 0.15) is 11.0 Å². The van der Waals surface area contributed by atoms with Crippen LogP contribution in [0.2, 0.25) is 5.02 Å². The number of nitrogens with one attached hydrogen (secondary N) is 1. The van der Waals surface area contributed by atoms with Crippen molar-refractivity contribution >= 4 is 39.2 Å². The molecule has 0 spiro atoms. The van der Waals surface area contributed by atoms with Crippen LogP contribution in [0.1, 0.15) is 47.7 Å². The maximum atomic E-state index is 13.0. The van der Waals surface area contributed by atoms with Crippen LogP contribution in [0.25, 0.3) is 0 Å². The Morgan fingerprint density at radius 3 is 2.63 bits per heavy atom. The van der Waals surface area contributed by atoms with Gasteiger partial charge in [0.25, 0.3) is 0 Å². The van der Waals surface area contributed by atoms with Crippen LogP contribution in [0.3, 0.4) is 0 Å². The first-order valence-corrected chi connectivity index (χ1v) is 11.6. The number of piperidine rings is 1. The average Bonchev–Trinajstić information content (AvgIpc) is 3.05. The molecule has 0 saturated carbocycles. The van der Waals surface area contributed by atoms with Crippen molar-refractivity contribution in [2.75, 3.05) is 18.4 Å². The first-order chi connectivity index (χ1) is 14.4. The maximum absolute atomic E-state index is 13.0. The number of hydrogen-bond donors (Lipinski definition) is 1. The number of amides is 1. The lowest BCUT2D eigenvalue weighted by Gasteiger charge is -2.26. The molecule has 158 valence electrons. The highest BCUT2D eigenvalue weighted by atomic mass is 35.5. The van der Waals surface area contributed by atoms with E-state index in [0.29, 0.717) is 29.9 Å². The molecule has 2 heterocycles. The number of benzene rings is 2. The molecule has 1 saturated heterocycles. The highest BCUT2D eigenvalue weighted by Crippen LogP contribution is 2.33. The van der Waals surface area contributed by atoms with Gasteiger partial charge in [-0.15, -0.1) is 0 Å². The molecule has 2 aliphatic rings. The summed E-state index contributed by atoms with van der Waals surface area (Å²) in [6.07, 6.45) is 1.89. The van der Waals surface area contributed by atoms with Crippen molar-refractivity contribution in [1.82, 2.24) is 4.31 Å². The Hall–Kier alpha value is -2.42. The van der Waals surface area contributed by atoms with Gasteiger partial charge in [0.15, 0.2) is 0 Å². The van der Waals surface area contributed by atoms with Gasteiger partial charge in [-0.1, -0.05) is 36.2 Å². The molecule has 0 unspecified atom stereocenters. The fourth-order valence-electron chi connectivity index (χ4n) is 3.77. The van der Waals surface area contributed by atoms with Gasteiger partial charge >= 0.3 is 5.97 Å². The Kier molecular flexibility index (Phi) is 5.81. The highest BCUT2D eigenvalue weighted by molar-refractivity contribution is 7.89. The van der Waals surface area contributed by atoms with E-state index in [9.17, 15) is 18.0 Å². The van der Waals surface area contributed by atoms with Crippen LogP contribution in [0, 0.1) is 0 Å². The van der Waals surface area contributed by atoms with E-state index < -0.39 is 28.0 Å². The minimum absolute atomic E-state index is 0.0264. The normalized spacial score (nSPS) is 19.2. The number of fused-ring (bicyclic) bond motifs is 1. The second kappa shape index (κ2) is 8.37. The second-order valence-corrected chi connectivity index (χ2v) is 9.66. The number of carbonyl (C=O) groups is 2. The number of sulfonamides is 1. The quantitative estimate of drug-likeness (QED) is 0.703. The number of rotatable bonds is 5. The summed E-state index contributed by atoms with van der Waals surface area (Å²) >= 11 is 6.17. The fourth-order valence-corrected chi connectivity index (χ4v) is 5.79. The van der Waals surface area contributed by atoms with Crippen molar-refractivity contribution in [1.29, 1.82) is 0 Å². The van der Waals surface area contributed by atoms with E-state index in [1.54, 1.807) is 30.3 Å². The Labute approximate surface area is 180 Å². The summed E-state index contributed by atoms with van der Waals surface area (Å²) in [6.45, 7) is 0.920. The molecule has 0 aromatic heterocycles. The first kappa shape index (κ1) is 20.8. The lowest BCUT2D eigenvalue weighted by molar-refractivity contribution is -0.118. The SMILES string of the molecule is O=C(C[C@H]1OC(=O)c2ccccc21)Nc1ccc(Cl)c(S(=O)(=O)N2CCCCC2)c1. The van der Waals surface area contributed by atoms with Crippen molar-refractivity contribution in [3.8, 4) is 0 Å².